The molecule has 0 aliphatic carbocycles. The summed E-state index contributed by atoms with van der Waals surface area (Å²) in [6.07, 6.45) is -1.14. The molecule has 9 heteroatoms. The monoisotopic (exact) mass is 388 g/mol. The summed E-state index contributed by atoms with van der Waals surface area (Å²) in [5.74, 6) is -0.936. The number of benzene rings is 2. The minimum absolute atomic E-state index is 0.0472. The van der Waals surface area contributed by atoms with Crippen LogP contribution in [-0.4, -0.2) is 36.6 Å². The Morgan fingerprint density at radius 2 is 1.89 bits per heavy atom. The molecule has 0 aliphatic rings. The van der Waals surface area contributed by atoms with E-state index in [1.54, 1.807) is 31.2 Å². The third kappa shape index (κ3) is 4.97. The number of para-hydroxylation sites is 2. The van der Waals surface area contributed by atoms with Crippen LogP contribution in [0.5, 0.6) is 11.5 Å². The third-order valence-electron chi connectivity index (χ3n) is 3.71. The maximum atomic E-state index is 12.3. The third-order valence-corrected chi connectivity index (χ3v) is 3.71. The van der Waals surface area contributed by atoms with Gasteiger partial charge in [0, 0.05) is 6.07 Å². The molecule has 0 bridgehead atoms. The van der Waals surface area contributed by atoms with E-state index in [9.17, 15) is 19.7 Å². The number of hydrogen-bond acceptors (Lipinski definition) is 7. The number of nitro groups is 1. The summed E-state index contributed by atoms with van der Waals surface area (Å²) in [4.78, 5) is 35.1. The molecule has 0 heterocycles. The molecule has 1 amide bonds. The van der Waals surface area contributed by atoms with Gasteiger partial charge in [-0.15, -0.1) is 0 Å². The van der Waals surface area contributed by atoms with E-state index in [0.717, 1.165) is 6.07 Å². The van der Waals surface area contributed by atoms with Crippen LogP contribution in [0.25, 0.3) is 0 Å². The molecule has 0 unspecified atom stereocenters. The first-order valence-electron chi connectivity index (χ1n) is 8.43. The molecule has 0 fully saturated rings. The molecule has 2 rings (SSSR count). The highest BCUT2D eigenvalue weighted by atomic mass is 16.6. The first-order chi connectivity index (χ1) is 13.4. The number of carbonyl (C=O) groups is 2. The van der Waals surface area contributed by atoms with Crippen LogP contribution in [0.1, 0.15) is 24.2 Å². The van der Waals surface area contributed by atoms with Gasteiger partial charge in [0.1, 0.15) is 5.75 Å². The van der Waals surface area contributed by atoms with E-state index < -0.39 is 22.9 Å². The van der Waals surface area contributed by atoms with Crippen molar-refractivity contribution in [2.75, 3.05) is 19.0 Å². The first kappa shape index (κ1) is 20.7. The van der Waals surface area contributed by atoms with Crippen LogP contribution < -0.4 is 14.8 Å². The molecule has 0 saturated heterocycles. The smallest absolute Gasteiger partial charge is 0.339 e. The second-order valence-corrected chi connectivity index (χ2v) is 5.61. The number of esters is 1. The number of methoxy groups -OCH3 is 1. The van der Waals surface area contributed by atoms with Crippen LogP contribution in [0.2, 0.25) is 0 Å². The van der Waals surface area contributed by atoms with Crippen molar-refractivity contribution in [1.29, 1.82) is 0 Å². The van der Waals surface area contributed by atoms with Crippen molar-refractivity contribution in [3.05, 3.63) is 58.1 Å². The van der Waals surface area contributed by atoms with Crippen molar-refractivity contribution in [3.63, 3.8) is 0 Å². The molecule has 28 heavy (non-hydrogen) atoms. The fourth-order valence-electron chi connectivity index (χ4n) is 2.33. The molecule has 1 N–H and O–H groups in total. The Kier molecular flexibility index (Phi) is 6.91. The maximum absolute atomic E-state index is 12.3. The normalized spacial score (nSPS) is 11.2. The molecule has 0 saturated carbocycles. The zero-order valence-corrected chi connectivity index (χ0v) is 15.6. The van der Waals surface area contributed by atoms with E-state index in [-0.39, 0.29) is 23.6 Å². The number of nitro benzene ring substituents is 1. The number of nitrogens with zero attached hydrogens (tertiary/aromatic N) is 1. The molecule has 2 aromatic rings. The summed E-state index contributed by atoms with van der Waals surface area (Å²) < 4.78 is 15.4. The Labute approximate surface area is 161 Å². The first-order valence-corrected chi connectivity index (χ1v) is 8.43. The molecular formula is C19H20N2O7. The van der Waals surface area contributed by atoms with Crippen LogP contribution in [0.4, 0.5) is 11.4 Å². The predicted molar refractivity (Wildman–Crippen MR) is 101 cm³/mol. The van der Waals surface area contributed by atoms with E-state index in [2.05, 4.69) is 5.32 Å². The van der Waals surface area contributed by atoms with Gasteiger partial charge in [-0.25, -0.2) is 4.79 Å². The fraction of sp³-hybridized carbons (Fsp3) is 0.263. The molecule has 0 spiro atoms. The van der Waals surface area contributed by atoms with Gasteiger partial charge in [-0.2, -0.15) is 0 Å². The number of ether oxygens (including phenoxy) is 3. The standard InChI is InChI=1S/C19H20N2O7/c1-4-27-17-10-9-13(11-15(17)21(24)25)19(23)28-12(2)18(22)20-14-7-5-6-8-16(14)26-3/h5-12H,4H2,1-3H3,(H,20,22)/t12-/m1/s1. The van der Waals surface area contributed by atoms with Crippen LogP contribution in [0.3, 0.4) is 0 Å². The number of carbonyl (C=O) groups excluding carboxylic acids is 2. The molecule has 0 aliphatic heterocycles. The molecule has 148 valence electrons. The van der Waals surface area contributed by atoms with E-state index in [4.69, 9.17) is 14.2 Å². The van der Waals surface area contributed by atoms with Gasteiger partial charge in [-0.05, 0) is 38.1 Å². The zero-order valence-electron chi connectivity index (χ0n) is 15.6. The highest BCUT2D eigenvalue weighted by Crippen LogP contribution is 2.28. The summed E-state index contributed by atoms with van der Waals surface area (Å²) in [7, 11) is 1.47. The number of anilines is 1. The van der Waals surface area contributed by atoms with Gasteiger partial charge in [-0.1, -0.05) is 12.1 Å². The largest absolute Gasteiger partial charge is 0.495 e. The van der Waals surface area contributed by atoms with Crippen molar-refractivity contribution < 1.29 is 28.7 Å². The Hall–Kier alpha value is -3.62. The maximum Gasteiger partial charge on any atom is 0.339 e. The number of hydrogen-bond donors (Lipinski definition) is 1. The van der Waals surface area contributed by atoms with Gasteiger partial charge in [0.05, 0.1) is 29.9 Å². The molecule has 9 nitrogen and oxygen atoms in total. The van der Waals surface area contributed by atoms with Gasteiger partial charge in [-0.3, -0.25) is 14.9 Å². The zero-order chi connectivity index (χ0) is 20.7. The number of nitrogens with one attached hydrogen (secondary N) is 1. The van der Waals surface area contributed by atoms with E-state index in [1.807, 2.05) is 0 Å². The minimum atomic E-state index is -1.14. The second-order valence-electron chi connectivity index (χ2n) is 5.61. The van der Waals surface area contributed by atoms with Crippen molar-refractivity contribution in [3.8, 4) is 11.5 Å². The predicted octanol–water partition coefficient (Wildman–Crippen LogP) is 3.19. The lowest BCUT2D eigenvalue weighted by atomic mass is 10.2. The SMILES string of the molecule is CCOc1ccc(C(=O)O[C@H](C)C(=O)Nc2ccccc2OC)cc1[N+](=O)[O-]. The minimum Gasteiger partial charge on any atom is -0.495 e. The Bertz CT molecular complexity index is 882. The van der Waals surface area contributed by atoms with E-state index in [1.165, 1.54) is 26.2 Å². The van der Waals surface area contributed by atoms with Gasteiger partial charge in [0.15, 0.2) is 11.9 Å². The van der Waals surface area contributed by atoms with Crippen molar-refractivity contribution in [2.45, 2.75) is 20.0 Å². The van der Waals surface area contributed by atoms with Crippen molar-refractivity contribution in [2.24, 2.45) is 0 Å². The van der Waals surface area contributed by atoms with Gasteiger partial charge in [0.25, 0.3) is 5.91 Å². The summed E-state index contributed by atoms with van der Waals surface area (Å²) in [6.45, 7) is 3.32. The summed E-state index contributed by atoms with van der Waals surface area (Å²) in [5, 5.41) is 13.8. The van der Waals surface area contributed by atoms with E-state index >= 15 is 0 Å². The van der Waals surface area contributed by atoms with Crippen LogP contribution >= 0.6 is 0 Å². The number of rotatable bonds is 8. The highest BCUT2D eigenvalue weighted by Gasteiger charge is 2.23. The average molecular weight is 388 g/mol. The van der Waals surface area contributed by atoms with Gasteiger partial charge >= 0.3 is 11.7 Å². The Morgan fingerprint density at radius 1 is 1.18 bits per heavy atom. The lowest BCUT2D eigenvalue weighted by Gasteiger charge is -2.15. The Morgan fingerprint density at radius 3 is 2.54 bits per heavy atom. The molecule has 0 aromatic heterocycles. The summed E-state index contributed by atoms with van der Waals surface area (Å²) in [6, 6.07) is 10.5. The lowest BCUT2D eigenvalue weighted by molar-refractivity contribution is -0.385. The lowest BCUT2D eigenvalue weighted by Crippen LogP contribution is -2.30. The van der Waals surface area contributed by atoms with E-state index in [0.29, 0.717) is 11.4 Å². The van der Waals surface area contributed by atoms with Gasteiger partial charge in [0.2, 0.25) is 0 Å². The topological polar surface area (TPSA) is 117 Å². The average Bonchev–Trinajstić information content (AvgIpc) is 2.68. The summed E-state index contributed by atoms with van der Waals surface area (Å²) >= 11 is 0. The highest BCUT2D eigenvalue weighted by molar-refractivity contribution is 5.98. The quantitative estimate of drug-likeness (QED) is 0.419. The van der Waals surface area contributed by atoms with Crippen molar-refractivity contribution in [1.82, 2.24) is 0 Å². The summed E-state index contributed by atoms with van der Waals surface area (Å²) in [5.41, 5.74) is 0.00382. The van der Waals surface area contributed by atoms with Gasteiger partial charge < -0.3 is 19.5 Å². The second kappa shape index (κ2) is 9.36. The van der Waals surface area contributed by atoms with Crippen molar-refractivity contribution >= 4 is 23.3 Å². The van der Waals surface area contributed by atoms with Crippen LogP contribution in [0, 0.1) is 10.1 Å². The molecular weight excluding hydrogens is 368 g/mol. The number of amides is 1. The molecule has 1 atom stereocenters. The van der Waals surface area contributed by atoms with Crippen LogP contribution in [0.15, 0.2) is 42.5 Å². The molecule has 0 radical (unpaired) electrons. The fourth-order valence-corrected chi connectivity index (χ4v) is 2.33. The molecule has 2 aromatic carbocycles. The van der Waals surface area contributed by atoms with Crippen LogP contribution in [-0.2, 0) is 9.53 Å². The Balaban J connectivity index is 2.10.